The molecule has 5 nitrogen and oxygen atoms in total. The van der Waals surface area contributed by atoms with Crippen molar-refractivity contribution in [2.24, 2.45) is 0 Å². The Morgan fingerprint density at radius 3 is 2.48 bits per heavy atom. The first kappa shape index (κ1) is 21.0. The number of fused-ring (bicyclic) bond motifs is 1. The smallest absolute Gasteiger partial charge is 0.261 e. The molecule has 3 rings (SSSR count). The van der Waals surface area contributed by atoms with Gasteiger partial charge in [0.25, 0.3) is 5.91 Å². The second-order valence-electron chi connectivity index (χ2n) is 8.04. The van der Waals surface area contributed by atoms with Gasteiger partial charge in [-0.2, -0.15) is 0 Å². The maximum atomic E-state index is 13.0. The molecule has 156 valence electrons. The van der Waals surface area contributed by atoms with Crippen molar-refractivity contribution in [3.8, 4) is 17.2 Å². The first-order valence-electron chi connectivity index (χ1n) is 10.3. The molecule has 1 amide bonds. The number of aryl methyl sites for hydroxylation is 1. The van der Waals surface area contributed by atoms with Crippen LogP contribution < -0.4 is 19.5 Å². The Kier molecular flexibility index (Phi) is 6.36. The Morgan fingerprint density at radius 1 is 1.17 bits per heavy atom. The highest BCUT2D eigenvalue weighted by atomic mass is 16.5. The summed E-state index contributed by atoms with van der Waals surface area (Å²) in [7, 11) is 1.63. The lowest BCUT2D eigenvalue weighted by Crippen LogP contribution is -2.45. The zero-order valence-corrected chi connectivity index (χ0v) is 18.0. The van der Waals surface area contributed by atoms with Crippen molar-refractivity contribution in [3.05, 3.63) is 53.6 Å². The van der Waals surface area contributed by atoms with Crippen LogP contribution in [-0.4, -0.2) is 24.7 Å². The van der Waals surface area contributed by atoms with Crippen LogP contribution >= 0.6 is 0 Å². The van der Waals surface area contributed by atoms with Crippen LogP contribution in [0, 0.1) is 0 Å². The maximum absolute atomic E-state index is 13.0. The molecule has 1 heterocycles. The van der Waals surface area contributed by atoms with E-state index in [1.807, 2.05) is 63.2 Å². The Balaban J connectivity index is 1.75. The van der Waals surface area contributed by atoms with Gasteiger partial charge in [-0.1, -0.05) is 26.0 Å². The molecule has 1 aliphatic rings. The van der Waals surface area contributed by atoms with Crippen molar-refractivity contribution in [2.75, 3.05) is 7.11 Å². The van der Waals surface area contributed by atoms with Crippen molar-refractivity contribution in [1.29, 1.82) is 0 Å². The van der Waals surface area contributed by atoms with E-state index in [1.165, 1.54) is 5.56 Å². The molecule has 1 N–H and O–H groups in total. The lowest BCUT2D eigenvalue weighted by atomic mass is 9.89. The summed E-state index contributed by atoms with van der Waals surface area (Å²) in [6.45, 7) is 8.12. The van der Waals surface area contributed by atoms with E-state index in [0.29, 0.717) is 18.6 Å². The van der Waals surface area contributed by atoms with Crippen LogP contribution in [0.5, 0.6) is 17.2 Å². The molecule has 1 aliphatic heterocycles. The Labute approximate surface area is 173 Å². The molecular formula is C24H31NO4. The Morgan fingerprint density at radius 2 is 1.86 bits per heavy atom. The summed E-state index contributed by atoms with van der Waals surface area (Å²) < 4.78 is 17.4. The van der Waals surface area contributed by atoms with E-state index < -0.39 is 11.7 Å². The molecule has 0 bridgehead atoms. The van der Waals surface area contributed by atoms with Crippen LogP contribution in [0.4, 0.5) is 0 Å². The van der Waals surface area contributed by atoms with Crippen LogP contribution in [0.3, 0.4) is 0 Å². The maximum Gasteiger partial charge on any atom is 0.261 e. The highest BCUT2D eigenvalue weighted by Gasteiger charge is 2.36. The molecule has 0 unspecified atom stereocenters. The standard InChI is InChI=1S/C24H31NO4/c1-6-16-8-10-17(11-9-16)28-21(7-2)23(26)25-20-15-24(3,4)29-22-14-18(27-5)12-13-19(20)22/h8-14,20-21H,6-7,15H2,1-5H3,(H,25,26)/t20-,21+/m0/s1. The quantitative estimate of drug-likeness (QED) is 0.727. The number of amides is 1. The number of hydrogen-bond acceptors (Lipinski definition) is 4. The SMILES string of the molecule is CCc1ccc(O[C@H](CC)C(=O)N[C@H]2CC(C)(C)Oc3cc(OC)ccc32)cc1. The normalized spacial score (nSPS) is 18.2. The minimum atomic E-state index is -0.546. The molecule has 29 heavy (non-hydrogen) atoms. The van der Waals surface area contributed by atoms with Gasteiger partial charge in [-0.15, -0.1) is 0 Å². The molecule has 2 aromatic carbocycles. The van der Waals surface area contributed by atoms with Crippen LogP contribution in [0.15, 0.2) is 42.5 Å². The number of carbonyl (C=O) groups is 1. The van der Waals surface area contributed by atoms with Crippen molar-refractivity contribution >= 4 is 5.91 Å². The van der Waals surface area contributed by atoms with Gasteiger partial charge in [-0.3, -0.25) is 4.79 Å². The molecule has 0 aliphatic carbocycles. The summed E-state index contributed by atoms with van der Waals surface area (Å²) in [5, 5.41) is 3.18. The van der Waals surface area contributed by atoms with Gasteiger partial charge in [0, 0.05) is 18.1 Å². The number of methoxy groups -OCH3 is 1. The van der Waals surface area contributed by atoms with E-state index in [2.05, 4.69) is 12.2 Å². The summed E-state index contributed by atoms with van der Waals surface area (Å²) >= 11 is 0. The highest BCUT2D eigenvalue weighted by Crippen LogP contribution is 2.41. The van der Waals surface area contributed by atoms with Crippen molar-refractivity contribution in [2.45, 2.75) is 64.7 Å². The molecule has 0 saturated heterocycles. The molecule has 0 aromatic heterocycles. The number of nitrogens with one attached hydrogen (secondary N) is 1. The lowest BCUT2D eigenvalue weighted by molar-refractivity contribution is -0.129. The first-order chi connectivity index (χ1) is 13.8. The first-order valence-corrected chi connectivity index (χ1v) is 10.3. The molecule has 5 heteroatoms. The van der Waals surface area contributed by atoms with Crippen LogP contribution in [0.2, 0.25) is 0 Å². The van der Waals surface area contributed by atoms with Crippen LogP contribution in [-0.2, 0) is 11.2 Å². The van der Waals surface area contributed by atoms with E-state index in [-0.39, 0.29) is 11.9 Å². The van der Waals surface area contributed by atoms with Crippen LogP contribution in [0.1, 0.15) is 57.7 Å². The van der Waals surface area contributed by atoms with E-state index in [9.17, 15) is 4.79 Å². The van der Waals surface area contributed by atoms with Crippen molar-refractivity contribution < 1.29 is 19.0 Å². The second kappa shape index (κ2) is 8.76. The summed E-state index contributed by atoms with van der Waals surface area (Å²) in [6.07, 6.45) is 1.69. The Hall–Kier alpha value is -2.69. The monoisotopic (exact) mass is 397 g/mol. The summed E-state index contributed by atoms with van der Waals surface area (Å²) in [4.78, 5) is 13.0. The summed E-state index contributed by atoms with van der Waals surface area (Å²) in [5.41, 5.74) is 1.81. The fraction of sp³-hybridized carbons (Fsp3) is 0.458. The zero-order chi connectivity index (χ0) is 21.0. The number of benzene rings is 2. The molecule has 2 aromatic rings. The topological polar surface area (TPSA) is 56.8 Å². The van der Waals surface area contributed by atoms with Gasteiger partial charge in [-0.25, -0.2) is 0 Å². The minimum absolute atomic E-state index is 0.114. The van der Waals surface area contributed by atoms with E-state index in [4.69, 9.17) is 14.2 Å². The van der Waals surface area contributed by atoms with E-state index >= 15 is 0 Å². The predicted molar refractivity (Wildman–Crippen MR) is 114 cm³/mol. The number of hydrogen-bond donors (Lipinski definition) is 1. The highest BCUT2D eigenvalue weighted by molar-refractivity contribution is 5.81. The van der Waals surface area contributed by atoms with Gasteiger partial charge in [0.2, 0.25) is 0 Å². The van der Waals surface area contributed by atoms with Gasteiger partial charge in [0.15, 0.2) is 6.10 Å². The average molecular weight is 398 g/mol. The number of ether oxygens (including phenoxy) is 3. The predicted octanol–water partition coefficient (Wildman–Crippen LogP) is 4.83. The molecule has 0 radical (unpaired) electrons. The molecular weight excluding hydrogens is 366 g/mol. The summed E-state index contributed by atoms with van der Waals surface area (Å²) in [6, 6.07) is 13.5. The fourth-order valence-corrected chi connectivity index (χ4v) is 3.64. The van der Waals surface area contributed by atoms with Crippen molar-refractivity contribution in [3.63, 3.8) is 0 Å². The van der Waals surface area contributed by atoms with Gasteiger partial charge < -0.3 is 19.5 Å². The van der Waals surface area contributed by atoms with Crippen molar-refractivity contribution in [1.82, 2.24) is 5.32 Å². The molecule has 2 atom stereocenters. The molecule has 0 spiro atoms. The largest absolute Gasteiger partial charge is 0.497 e. The second-order valence-corrected chi connectivity index (χ2v) is 8.04. The number of carbonyl (C=O) groups excluding carboxylic acids is 1. The molecule has 0 saturated carbocycles. The average Bonchev–Trinajstić information content (AvgIpc) is 2.70. The molecule has 0 fully saturated rings. The Bertz CT molecular complexity index is 844. The van der Waals surface area contributed by atoms with Gasteiger partial charge in [0.1, 0.15) is 22.8 Å². The van der Waals surface area contributed by atoms with Gasteiger partial charge >= 0.3 is 0 Å². The van der Waals surface area contributed by atoms with E-state index in [0.717, 1.165) is 23.5 Å². The zero-order valence-electron chi connectivity index (χ0n) is 18.0. The fourth-order valence-electron chi connectivity index (χ4n) is 3.64. The number of rotatable bonds is 7. The van der Waals surface area contributed by atoms with E-state index in [1.54, 1.807) is 7.11 Å². The third-order valence-corrected chi connectivity index (χ3v) is 5.27. The lowest BCUT2D eigenvalue weighted by Gasteiger charge is -2.38. The van der Waals surface area contributed by atoms with Gasteiger partial charge in [0.05, 0.1) is 13.2 Å². The third-order valence-electron chi connectivity index (χ3n) is 5.27. The van der Waals surface area contributed by atoms with Crippen LogP contribution in [0.25, 0.3) is 0 Å². The minimum Gasteiger partial charge on any atom is -0.497 e. The summed E-state index contributed by atoms with van der Waals surface area (Å²) in [5.74, 6) is 2.07. The third kappa shape index (κ3) is 5.03. The van der Waals surface area contributed by atoms with Gasteiger partial charge in [-0.05, 0) is 56.5 Å².